The predicted octanol–water partition coefficient (Wildman–Crippen LogP) is 2.16. The van der Waals surface area contributed by atoms with E-state index in [1.165, 1.54) is 0 Å². The van der Waals surface area contributed by atoms with Gasteiger partial charge < -0.3 is 10.4 Å². The molecule has 1 aliphatic rings. The molecule has 1 aromatic rings. The van der Waals surface area contributed by atoms with Gasteiger partial charge in [0.2, 0.25) is 5.91 Å². The van der Waals surface area contributed by atoms with Crippen LogP contribution in [-0.4, -0.2) is 17.6 Å². The van der Waals surface area contributed by atoms with Crippen LogP contribution in [-0.2, 0) is 4.79 Å². The first-order valence-corrected chi connectivity index (χ1v) is 6.30. The molecule has 3 heteroatoms. The molecule has 18 heavy (non-hydrogen) atoms. The number of hydrogen-bond acceptors (Lipinski definition) is 2. The second-order valence-corrected chi connectivity index (χ2v) is 4.51. The molecule has 1 amide bonds. The molecule has 0 heterocycles. The molecule has 1 fully saturated rings. The Morgan fingerprint density at radius 1 is 1.28 bits per heavy atom. The standard InChI is InChI=1S/C15H17NO2/c17-11-3-4-12-7-9-14(10-8-12)16-15(18)13-5-1-2-6-13/h7-10,13,17H,1-2,5-6,11H2,(H,16,18). The van der Waals surface area contributed by atoms with E-state index in [9.17, 15) is 4.79 Å². The van der Waals surface area contributed by atoms with E-state index in [2.05, 4.69) is 17.2 Å². The van der Waals surface area contributed by atoms with E-state index in [-0.39, 0.29) is 18.4 Å². The van der Waals surface area contributed by atoms with Crippen LogP contribution in [0, 0.1) is 17.8 Å². The number of nitrogens with one attached hydrogen (secondary N) is 1. The van der Waals surface area contributed by atoms with Crippen LogP contribution in [0.3, 0.4) is 0 Å². The molecule has 0 radical (unpaired) electrons. The number of carbonyl (C=O) groups is 1. The summed E-state index contributed by atoms with van der Waals surface area (Å²) in [5.74, 6) is 5.71. The fourth-order valence-electron chi connectivity index (χ4n) is 2.21. The number of aliphatic hydroxyl groups excluding tert-OH is 1. The molecule has 1 aliphatic carbocycles. The van der Waals surface area contributed by atoms with Crippen LogP contribution in [0.4, 0.5) is 5.69 Å². The summed E-state index contributed by atoms with van der Waals surface area (Å²) in [6.07, 6.45) is 4.33. The highest BCUT2D eigenvalue weighted by Gasteiger charge is 2.22. The molecule has 1 saturated carbocycles. The van der Waals surface area contributed by atoms with Gasteiger partial charge in [-0.1, -0.05) is 24.7 Å². The lowest BCUT2D eigenvalue weighted by molar-refractivity contribution is -0.119. The van der Waals surface area contributed by atoms with Gasteiger partial charge in [-0.2, -0.15) is 0 Å². The third-order valence-electron chi connectivity index (χ3n) is 3.19. The van der Waals surface area contributed by atoms with Crippen molar-refractivity contribution < 1.29 is 9.90 Å². The molecule has 94 valence electrons. The SMILES string of the molecule is O=C(Nc1ccc(C#CCO)cc1)C1CCCC1. The Bertz CT molecular complexity index is 462. The number of carbonyl (C=O) groups excluding carboxylic acids is 1. The third-order valence-corrected chi connectivity index (χ3v) is 3.19. The van der Waals surface area contributed by atoms with Crippen molar-refractivity contribution in [3.63, 3.8) is 0 Å². The molecular formula is C15H17NO2. The van der Waals surface area contributed by atoms with Gasteiger partial charge in [-0.25, -0.2) is 0 Å². The van der Waals surface area contributed by atoms with E-state index in [0.29, 0.717) is 0 Å². The predicted molar refractivity (Wildman–Crippen MR) is 71.0 cm³/mol. The van der Waals surface area contributed by atoms with E-state index in [4.69, 9.17) is 5.11 Å². The zero-order valence-corrected chi connectivity index (χ0v) is 10.3. The van der Waals surface area contributed by atoms with Crippen molar-refractivity contribution in [1.29, 1.82) is 0 Å². The van der Waals surface area contributed by atoms with Gasteiger partial charge in [0.15, 0.2) is 0 Å². The third kappa shape index (κ3) is 3.35. The molecule has 0 spiro atoms. The normalized spacial score (nSPS) is 14.9. The smallest absolute Gasteiger partial charge is 0.227 e. The first kappa shape index (κ1) is 12.7. The Balaban J connectivity index is 1.95. The Labute approximate surface area is 107 Å². The second kappa shape index (κ2) is 6.23. The van der Waals surface area contributed by atoms with Crippen LogP contribution < -0.4 is 5.32 Å². The first-order valence-electron chi connectivity index (χ1n) is 6.30. The van der Waals surface area contributed by atoms with Crippen molar-refractivity contribution in [3.8, 4) is 11.8 Å². The molecule has 0 bridgehead atoms. The lowest BCUT2D eigenvalue weighted by atomic mass is 10.1. The van der Waals surface area contributed by atoms with E-state index in [0.717, 1.165) is 36.9 Å². The largest absolute Gasteiger partial charge is 0.384 e. The topological polar surface area (TPSA) is 49.3 Å². The van der Waals surface area contributed by atoms with Gasteiger partial charge in [-0.05, 0) is 37.1 Å². The van der Waals surface area contributed by atoms with Crippen LogP contribution >= 0.6 is 0 Å². The van der Waals surface area contributed by atoms with Gasteiger partial charge in [-0.3, -0.25) is 4.79 Å². The first-order chi connectivity index (χ1) is 8.79. The molecule has 0 saturated heterocycles. The monoisotopic (exact) mass is 243 g/mol. The molecule has 0 atom stereocenters. The van der Waals surface area contributed by atoms with Gasteiger partial charge in [0.1, 0.15) is 6.61 Å². The summed E-state index contributed by atoms with van der Waals surface area (Å²) in [4.78, 5) is 11.9. The highest BCUT2D eigenvalue weighted by Crippen LogP contribution is 2.25. The molecule has 0 aromatic heterocycles. The van der Waals surface area contributed by atoms with Gasteiger partial charge >= 0.3 is 0 Å². The zero-order valence-electron chi connectivity index (χ0n) is 10.3. The number of anilines is 1. The van der Waals surface area contributed by atoms with Crippen molar-refractivity contribution in [3.05, 3.63) is 29.8 Å². The van der Waals surface area contributed by atoms with E-state index in [1.807, 2.05) is 24.3 Å². The molecule has 2 N–H and O–H groups in total. The molecule has 0 unspecified atom stereocenters. The van der Waals surface area contributed by atoms with Crippen LogP contribution in [0.2, 0.25) is 0 Å². The zero-order chi connectivity index (χ0) is 12.8. The molecule has 3 nitrogen and oxygen atoms in total. The maximum absolute atomic E-state index is 11.9. The fourth-order valence-corrected chi connectivity index (χ4v) is 2.21. The average molecular weight is 243 g/mol. The van der Waals surface area contributed by atoms with Crippen LogP contribution in [0.1, 0.15) is 31.2 Å². The summed E-state index contributed by atoms with van der Waals surface area (Å²) in [6.45, 7) is -0.139. The van der Waals surface area contributed by atoms with E-state index >= 15 is 0 Å². The van der Waals surface area contributed by atoms with E-state index < -0.39 is 0 Å². The van der Waals surface area contributed by atoms with Crippen molar-refractivity contribution in [1.82, 2.24) is 0 Å². The molecule has 2 rings (SSSR count). The minimum atomic E-state index is -0.139. The minimum absolute atomic E-state index is 0.127. The van der Waals surface area contributed by atoms with Crippen LogP contribution in [0.25, 0.3) is 0 Å². The van der Waals surface area contributed by atoms with Crippen molar-refractivity contribution >= 4 is 11.6 Å². The van der Waals surface area contributed by atoms with Crippen LogP contribution in [0.15, 0.2) is 24.3 Å². The highest BCUT2D eigenvalue weighted by atomic mass is 16.2. The molecule has 1 aromatic carbocycles. The molecule has 0 aliphatic heterocycles. The Morgan fingerprint density at radius 3 is 2.56 bits per heavy atom. The quantitative estimate of drug-likeness (QED) is 0.782. The van der Waals surface area contributed by atoms with Crippen molar-refractivity contribution in [2.24, 2.45) is 5.92 Å². The summed E-state index contributed by atoms with van der Waals surface area (Å²) in [7, 11) is 0. The molecular weight excluding hydrogens is 226 g/mol. The summed E-state index contributed by atoms with van der Waals surface area (Å²) >= 11 is 0. The van der Waals surface area contributed by atoms with Crippen molar-refractivity contribution in [2.45, 2.75) is 25.7 Å². The number of aliphatic hydroxyl groups is 1. The lowest BCUT2D eigenvalue weighted by Crippen LogP contribution is -2.20. The number of amides is 1. The summed E-state index contributed by atoms with van der Waals surface area (Å²) in [5, 5.41) is 11.5. The van der Waals surface area contributed by atoms with Gasteiger partial charge in [0.25, 0.3) is 0 Å². The van der Waals surface area contributed by atoms with Gasteiger partial charge in [0.05, 0.1) is 0 Å². The van der Waals surface area contributed by atoms with Crippen LogP contribution in [0.5, 0.6) is 0 Å². The lowest BCUT2D eigenvalue weighted by Gasteiger charge is -2.10. The second-order valence-electron chi connectivity index (χ2n) is 4.51. The Morgan fingerprint density at radius 2 is 1.94 bits per heavy atom. The Kier molecular flexibility index (Phi) is 4.38. The Hall–Kier alpha value is -1.79. The number of benzene rings is 1. The fraction of sp³-hybridized carbons (Fsp3) is 0.400. The van der Waals surface area contributed by atoms with Crippen molar-refractivity contribution in [2.75, 3.05) is 11.9 Å². The van der Waals surface area contributed by atoms with Gasteiger partial charge in [-0.15, -0.1) is 0 Å². The minimum Gasteiger partial charge on any atom is -0.384 e. The summed E-state index contributed by atoms with van der Waals surface area (Å²) in [5.41, 5.74) is 1.64. The maximum atomic E-state index is 11.9. The number of rotatable bonds is 2. The maximum Gasteiger partial charge on any atom is 0.227 e. The summed E-state index contributed by atoms with van der Waals surface area (Å²) < 4.78 is 0. The number of hydrogen-bond donors (Lipinski definition) is 2. The average Bonchev–Trinajstić information content (AvgIpc) is 2.92. The summed E-state index contributed by atoms with van der Waals surface area (Å²) in [6, 6.07) is 7.36. The van der Waals surface area contributed by atoms with Gasteiger partial charge in [0, 0.05) is 17.2 Å². The van der Waals surface area contributed by atoms with E-state index in [1.54, 1.807) is 0 Å². The highest BCUT2D eigenvalue weighted by molar-refractivity contribution is 5.92.